The third-order valence-electron chi connectivity index (χ3n) is 4.72. The van der Waals surface area contributed by atoms with Gasteiger partial charge in [0.25, 0.3) is 0 Å². The molecule has 1 aliphatic heterocycles. The van der Waals surface area contributed by atoms with Gasteiger partial charge in [0.15, 0.2) is 0 Å². The molecule has 1 aliphatic rings. The quantitative estimate of drug-likeness (QED) is 0.901. The van der Waals surface area contributed by atoms with Crippen LogP contribution in [0.5, 0.6) is 0 Å². The molecule has 0 amide bonds. The monoisotopic (exact) mass is 275 g/mol. The van der Waals surface area contributed by atoms with Crippen LogP contribution < -0.4 is 0 Å². The fourth-order valence-corrected chi connectivity index (χ4v) is 3.26. The summed E-state index contributed by atoms with van der Waals surface area (Å²) in [5, 5.41) is 10.8. The van der Waals surface area contributed by atoms with E-state index < -0.39 is 6.10 Å². The van der Waals surface area contributed by atoms with Crippen molar-refractivity contribution in [2.75, 3.05) is 13.1 Å². The van der Waals surface area contributed by atoms with Gasteiger partial charge in [-0.1, -0.05) is 58.0 Å². The Labute approximate surface area is 123 Å². The Morgan fingerprint density at radius 3 is 2.10 bits per heavy atom. The molecule has 2 heteroatoms. The normalized spacial score (nSPS) is 22.7. The number of piperidine rings is 1. The van der Waals surface area contributed by atoms with Crippen LogP contribution in [0.1, 0.15) is 52.2 Å². The van der Waals surface area contributed by atoms with Gasteiger partial charge in [-0.25, -0.2) is 0 Å². The van der Waals surface area contributed by atoms with Crippen molar-refractivity contribution in [2.45, 2.75) is 52.7 Å². The zero-order chi connectivity index (χ0) is 14.8. The topological polar surface area (TPSA) is 23.5 Å². The molecule has 0 aliphatic carbocycles. The number of aliphatic hydroxyl groups is 1. The minimum Gasteiger partial charge on any atom is -0.387 e. The summed E-state index contributed by atoms with van der Waals surface area (Å²) in [5.74, 6) is 0.450. The summed E-state index contributed by atoms with van der Waals surface area (Å²) in [4.78, 5) is 2.49. The average molecular weight is 275 g/mol. The van der Waals surface area contributed by atoms with Crippen LogP contribution in [-0.4, -0.2) is 29.1 Å². The fraction of sp³-hybridized carbons (Fsp3) is 0.667. The molecular weight excluding hydrogens is 246 g/mol. The first-order valence-electron chi connectivity index (χ1n) is 7.88. The van der Waals surface area contributed by atoms with Crippen molar-refractivity contribution in [3.63, 3.8) is 0 Å². The van der Waals surface area contributed by atoms with Crippen molar-refractivity contribution in [1.82, 2.24) is 4.90 Å². The number of hydrogen-bond donors (Lipinski definition) is 1. The minimum atomic E-state index is -0.391. The first-order valence-corrected chi connectivity index (χ1v) is 7.88. The molecule has 1 fully saturated rings. The van der Waals surface area contributed by atoms with E-state index in [1.807, 2.05) is 30.3 Å². The zero-order valence-corrected chi connectivity index (χ0v) is 13.3. The number of benzene rings is 1. The van der Waals surface area contributed by atoms with Crippen LogP contribution in [0.3, 0.4) is 0 Å². The molecule has 2 atom stereocenters. The van der Waals surface area contributed by atoms with E-state index in [1.165, 1.54) is 12.8 Å². The molecule has 0 radical (unpaired) electrons. The molecule has 0 saturated carbocycles. The summed E-state index contributed by atoms with van der Waals surface area (Å²) in [6.45, 7) is 11.3. The molecule has 2 nitrogen and oxygen atoms in total. The van der Waals surface area contributed by atoms with Crippen LogP contribution in [0.4, 0.5) is 0 Å². The summed E-state index contributed by atoms with van der Waals surface area (Å²) < 4.78 is 0. The number of aliphatic hydroxyl groups excluding tert-OH is 1. The highest BCUT2D eigenvalue weighted by atomic mass is 16.3. The lowest BCUT2D eigenvalue weighted by Crippen LogP contribution is -2.48. The highest BCUT2D eigenvalue weighted by Crippen LogP contribution is 2.34. The average Bonchev–Trinajstić information content (AvgIpc) is 2.41. The number of hydrogen-bond acceptors (Lipinski definition) is 2. The molecule has 1 aromatic rings. The van der Waals surface area contributed by atoms with E-state index in [1.54, 1.807) is 0 Å². The predicted octanol–water partition coefficient (Wildman–Crippen LogP) is 3.87. The van der Waals surface area contributed by atoms with E-state index in [9.17, 15) is 5.11 Å². The van der Waals surface area contributed by atoms with Gasteiger partial charge in [-0.15, -0.1) is 0 Å². The molecule has 2 unspecified atom stereocenters. The van der Waals surface area contributed by atoms with Crippen molar-refractivity contribution in [3.8, 4) is 0 Å². The van der Waals surface area contributed by atoms with E-state index in [0.29, 0.717) is 11.3 Å². The van der Waals surface area contributed by atoms with Gasteiger partial charge in [0, 0.05) is 6.04 Å². The molecule has 112 valence electrons. The zero-order valence-electron chi connectivity index (χ0n) is 13.3. The molecule has 1 aromatic carbocycles. The van der Waals surface area contributed by atoms with Crippen molar-refractivity contribution in [3.05, 3.63) is 35.9 Å². The van der Waals surface area contributed by atoms with Gasteiger partial charge in [-0.3, -0.25) is 4.90 Å². The third kappa shape index (κ3) is 3.62. The van der Waals surface area contributed by atoms with Crippen molar-refractivity contribution < 1.29 is 5.11 Å². The van der Waals surface area contributed by atoms with Gasteiger partial charge in [0.1, 0.15) is 0 Å². The van der Waals surface area contributed by atoms with Crippen molar-refractivity contribution in [2.24, 2.45) is 11.3 Å². The summed E-state index contributed by atoms with van der Waals surface area (Å²) in [6, 6.07) is 10.3. The Bertz CT molecular complexity index is 403. The van der Waals surface area contributed by atoms with Gasteiger partial charge in [-0.2, -0.15) is 0 Å². The maximum absolute atomic E-state index is 10.8. The maximum Gasteiger partial charge on any atom is 0.0947 e. The van der Waals surface area contributed by atoms with Crippen molar-refractivity contribution in [1.29, 1.82) is 0 Å². The Hall–Kier alpha value is -0.860. The highest BCUT2D eigenvalue weighted by Gasteiger charge is 2.34. The first-order chi connectivity index (χ1) is 9.41. The summed E-state index contributed by atoms with van der Waals surface area (Å²) in [5.41, 5.74) is 1.49. The van der Waals surface area contributed by atoms with Crippen LogP contribution in [0.2, 0.25) is 0 Å². The lowest BCUT2D eigenvalue weighted by Gasteiger charge is -2.44. The van der Waals surface area contributed by atoms with E-state index in [2.05, 4.69) is 32.6 Å². The van der Waals surface area contributed by atoms with Gasteiger partial charge in [0.2, 0.25) is 0 Å². The van der Waals surface area contributed by atoms with Gasteiger partial charge < -0.3 is 5.11 Å². The third-order valence-corrected chi connectivity index (χ3v) is 4.72. The van der Waals surface area contributed by atoms with Gasteiger partial charge in [0.05, 0.1) is 6.10 Å². The lowest BCUT2D eigenvalue weighted by atomic mass is 9.80. The lowest BCUT2D eigenvalue weighted by molar-refractivity contribution is -0.00643. The Balaban J connectivity index is 2.12. The Morgan fingerprint density at radius 2 is 1.60 bits per heavy atom. The van der Waals surface area contributed by atoms with Crippen molar-refractivity contribution >= 4 is 0 Å². The number of likely N-dealkylation sites (tertiary alicyclic amines) is 1. The van der Waals surface area contributed by atoms with Crippen LogP contribution in [0, 0.1) is 11.3 Å². The largest absolute Gasteiger partial charge is 0.387 e. The Kier molecular flexibility index (Phi) is 4.87. The molecule has 0 aromatic heterocycles. The molecule has 1 saturated heterocycles. The SMILES string of the molecule is CC(C)C(C(O)c1ccccc1)N1CCC(C)(C)CC1. The number of nitrogens with zero attached hydrogens (tertiary/aromatic N) is 1. The second kappa shape index (κ2) is 6.28. The van der Waals surface area contributed by atoms with E-state index in [-0.39, 0.29) is 6.04 Å². The van der Waals surface area contributed by atoms with Crippen LogP contribution in [-0.2, 0) is 0 Å². The second-order valence-corrected chi connectivity index (χ2v) is 7.29. The Morgan fingerprint density at radius 1 is 1.05 bits per heavy atom. The molecule has 2 rings (SSSR count). The summed E-state index contributed by atoms with van der Waals surface area (Å²) >= 11 is 0. The minimum absolute atomic E-state index is 0.216. The van der Waals surface area contributed by atoms with Crippen LogP contribution in [0.25, 0.3) is 0 Å². The second-order valence-electron chi connectivity index (χ2n) is 7.29. The predicted molar refractivity (Wildman–Crippen MR) is 84.6 cm³/mol. The molecule has 1 N–H and O–H groups in total. The van der Waals surface area contributed by atoms with Crippen LogP contribution >= 0.6 is 0 Å². The van der Waals surface area contributed by atoms with Gasteiger partial charge >= 0.3 is 0 Å². The summed E-state index contributed by atoms with van der Waals surface area (Å²) in [7, 11) is 0. The smallest absolute Gasteiger partial charge is 0.0947 e. The number of rotatable bonds is 4. The molecule has 1 heterocycles. The summed E-state index contributed by atoms with van der Waals surface area (Å²) in [6.07, 6.45) is 2.05. The first kappa shape index (κ1) is 15.5. The van der Waals surface area contributed by atoms with E-state index >= 15 is 0 Å². The maximum atomic E-state index is 10.8. The standard InChI is InChI=1S/C18H29NO/c1-14(2)16(17(20)15-8-6-5-7-9-15)19-12-10-18(3,4)11-13-19/h5-9,14,16-17,20H,10-13H2,1-4H3. The van der Waals surface area contributed by atoms with E-state index in [0.717, 1.165) is 18.7 Å². The molecule has 0 bridgehead atoms. The molecule has 20 heavy (non-hydrogen) atoms. The van der Waals surface area contributed by atoms with E-state index in [4.69, 9.17) is 0 Å². The van der Waals surface area contributed by atoms with Gasteiger partial charge in [-0.05, 0) is 42.8 Å². The molecule has 0 spiro atoms. The highest BCUT2D eigenvalue weighted by molar-refractivity contribution is 5.19. The fourth-order valence-electron chi connectivity index (χ4n) is 3.26. The van der Waals surface area contributed by atoms with Crippen LogP contribution in [0.15, 0.2) is 30.3 Å². The molecular formula is C18H29NO.